The Morgan fingerprint density at radius 1 is 1.21 bits per heavy atom. The number of amides is 3. The van der Waals surface area contributed by atoms with E-state index in [9.17, 15) is 9.59 Å². The lowest BCUT2D eigenvalue weighted by atomic mass is 9.90. The third-order valence-corrected chi connectivity index (χ3v) is 3.17. The van der Waals surface area contributed by atoms with Crippen LogP contribution in [0.2, 0.25) is 0 Å². The summed E-state index contributed by atoms with van der Waals surface area (Å²) in [5.41, 5.74) is -0.809. The monoisotopic (exact) mass is 271 g/mol. The van der Waals surface area contributed by atoms with Gasteiger partial charge in [-0.05, 0) is 40.5 Å². The van der Waals surface area contributed by atoms with E-state index in [1.165, 1.54) is 0 Å². The molecular formula is C13H25N3O3. The van der Waals surface area contributed by atoms with Gasteiger partial charge in [0.2, 0.25) is 0 Å². The molecule has 0 aromatic carbocycles. The minimum Gasteiger partial charge on any atom is -0.444 e. The fourth-order valence-electron chi connectivity index (χ4n) is 2.04. The normalized spacial score (nSPS) is 18.7. The maximum Gasteiger partial charge on any atom is 0.408 e. The van der Waals surface area contributed by atoms with E-state index in [0.717, 1.165) is 12.8 Å². The predicted octanol–water partition coefficient (Wildman–Crippen LogP) is 1.70. The van der Waals surface area contributed by atoms with Crippen LogP contribution >= 0.6 is 0 Å². The van der Waals surface area contributed by atoms with Crippen LogP contribution in [0.15, 0.2) is 0 Å². The minimum absolute atomic E-state index is 0.0701. The largest absolute Gasteiger partial charge is 0.444 e. The molecule has 6 nitrogen and oxygen atoms in total. The Morgan fingerprint density at radius 3 is 2.16 bits per heavy atom. The molecule has 1 fully saturated rings. The van der Waals surface area contributed by atoms with Crippen LogP contribution in [0.3, 0.4) is 0 Å². The Labute approximate surface area is 114 Å². The number of carbonyl (C=O) groups is 2. The number of likely N-dealkylation sites (tertiary alicyclic amines) is 1. The van der Waals surface area contributed by atoms with Gasteiger partial charge in [0.25, 0.3) is 0 Å². The van der Waals surface area contributed by atoms with Crippen molar-refractivity contribution < 1.29 is 14.3 Å². The van der Waals surface area contributed by atoms with Crippen molar-refractivity contribution in [2.75, 3.05) is 20.1 Å². The van der Waals surface area contributed by atoms with E-state index in [4.69, 9.17) is 4.74 Å². The predicted molar refractivity (Wildman–Crippen MR) is 73.0 cm³/mol. The molecular weight excluding hydrogens is 246 g/mol. The number of hydrogen-bond donors (Lipinski definition) is 2. The van der Waals surface area contributed by atoms with E-state index >= 15 is 0 Å². The zero-order chi connectivity index (χ0) is 14.7. The molecule has 1 saturated heterocycles. The van der Waals surface area contributed by atoms with Crippen molar-refractivity contribution in [2.45, 2.75) is 51.7 Å². The van der Waals surface area contributed by atoms with Gasteiger partial charge in [-0.2, -0.15) is 0 Å². The molecule has 1 rings (SSSR count). The summed E-state index contributed by atoms with van der Waals surface area (Å²) in [4.78, 5) is 25.0. The van der Waals surface area contributed by atoms with Crippen LogP contribution < -0.4 is 10.6 Å². The zero-order valence-electron chi connectivity index (χ0n) is 12.5. The van der Waals surface area contributed by atoms with E-state index in [0.29, 0.717) is 13.1 Å². The van der Waals surface area contributed by atoms with Gasteiger partial charge in [0, 0.05) is 25.7 Å². The molecule has 0 aromatic rings. The van der Waals surface area contributed by atoms with Gasteiger partial charge in [-0.3, -0.25) is 0 Å². The number of nitrogens with zero attached hydrogens (tertiary/aromatic N) is 1. The molecule has 0 unspecified atom stereocenters. The molecule has 1 aliphatic rings. The molecule has 0 bridgehead atoms. The molecule has 1 heterocycles. The maximum atomic E-state index is 11.8. The molecule has 6 heteroatoms. The van der Waals surface area contributed by atoms with E-state index in [1.54, 1.807) is 11.9 Å². The van der Waals surface area contributed by atoms with Crippen LogP contribution in [-0.4, -0.2) is 48.3 Å². The number of piperidine rings is 1. The van der Waals surface area contributed by atoms with Gasteiger partial charge >= 0.3 is 12.1 Å². The van der Waals surface area contributed by atoms with Crippen LogP contribution in [0.5, 0.6) is 0 Å². The maximum absolute atomic E-state index is 11.8. The van der Waals surface area contributed by atoms with E-state index in [-0.39, 0.29) is 11.6 Å². The van der Waals surface area contributed by atoms with Gasteiger partial charge in [-0.1, -0.05) is 0 Å². The molecule has 1 aliphatic heterocycles. The fraction of sp³-hybridized carbons (Fsp3) is 0.846. The topological polar surface area (TPSA) is 70.7 Å². The molecule has 0 saturated carbocycles. The van der Waals surface area contributed by atoms with Crippen LogP contribution in [-0.2, 0) is 4.74 Å². The molecule has 0 atom stereocenters. The molecule has 0 aromatic heterocycles. The Kier molecular flexibility index (Phi) is 4.66. The van der Waals surface area contributed by atoms with Gasteiger partial charge in [0.15, 0.2) is 0 Å². The Bertz CT molecular complexity index is 342. The number of ether oxygens (including phenoxy) is 1. The van der Waals surface area contributed by atoms with Crippen molar-refractivity contribution in [3.05, 3.63) is 0 Å². The smallest absolute Gasteiger partial charge is 0.408 e. The van der Waals surface area contributed by atoms with Crippen molar-refractivity contribution in [1.29, 1.82) is 0 Å². The van der Waals surface area contributed by atoms with Crippen LogP contribution in [0.1, 0.15) is 40.5 Å². The van der Waals surface area contributed by atoms with Crippen molar-refractivity contribution in [1.82, 2.24) is 15.5 Å². The first-order valence-electron chi connectivity index (χ1n) is 6.63. The molecule has 3 amide bonds. The van der Waals surface area contributed by atoms with E-state index in [2.05, 4.69) is 10.6 Å². The summed E-state index contributed by atoms with van der Waals surface area (Å²) < 4.78 is 5.26. The number of nitrogens with one attached hydrogen (secondary N) is 2. The Hall–Kier alpha value is -1.46. The molecule has 2 N–H and O–H groups in total. The summed E-state index contributed by atoms with van der Waals surface area (Å²) in [6.45, 7) is 8.76. The van der Waals surface area contributed by atoms with Gasteiger partial charge in [0.05, 0.1) is 0 Å². The third-order valence-electron chi connectivity index (χ3n) is 3.17. The quantitative estimate of drug-likeness (QED) is 0.762. The first-order valence-corrected chi connectivity index (χ1v) is 6.63. The second-order valence-electron chi connectivity index (χ2n) is 6.23. The number of carbonyl (C=O) groups excluding carboxylic acids is 2. The highest BCUT2D eigenvalue weighted by molar-refractivity contribution is 5.74. The molecule has 0 aliphatic carbocycles. The minimum atomic E-state index is -0.497. The fourth-order valence-corrected chi connectivity index (χ4v) is 2.04. The standard InChI is InChI=1S/C13H25N3O3/c1-12(2,3)19-11(18)15-13(4)6-8-16(9-7-13)10(17)14-5/h6-9H2,1-5H3,(H,14,17)(H,15,18). The van der Waals surface area contributed by atoms with Gasteiger partial charge in [0.1, 0.15) is 5.60 Å². The van der Waals surface area contributed by atoms with E-state index in [1.807, 2.05) is 27.7 Å². The lowest BCUT2D eigenvalue weighted by molar-refractivity contribution is 0.0420. The second-order valence-corrected chi connectivity index (χ2v) is 6.23. The summed E-state index contributed by atoms with van der Waals surface area (Å²) in [6.07, 6.45) is 1.04. The number of hydrogen-bond acceptors (Lipinski definition) is 3. The van der Waals surface area contributed by atoms with Crippen molar-refractivity contribution in [3.63, 3.8) is 0 Å². The van der Waals surface area contributed by atoms with Gasteiger partial charge < -0.3 is 20.3 Å². The van der Waals surface area contributed by atoms with Crippen LogP contribution in [0, 0.1) is 0 Å². The van der Waals surface area contributed by atoms with Crippen LogP contribution in [0.4, 0.5) is 9.59 Å². The average Bonchev–Trinajstić information content (AvgIpc) is 2.25. The Morgan fingerprint density at radius 2 is 1.74 bits per heavy atom. The summed E-state index contributed by atoms with van der Waals surface area (Å²) in [5, 5.41) is 5.52. The highest BCUT2D eigenvalue weighted by Crippen LogP contribution is 2.22. The average molecular weight is 271 g/mol. The lowest BCUT2D eigenvalue weighted by Crippen LogP contribution is -2.56. The third kappa shape index (κ3) is 4.96. The highest BCUT2D eigenvalue weighted by atomic mass is 16.6. The molecule has 110 valence electrons. The summed E-state index contributed by atoms with van der Waals surface area (Å²) in [7, 11) is 1.62. The Balaban J connectivity index is 2.48. The first-order chi connectivity index (χ1) is 8.65. The van der Waals surface area contributed by atoms with Gasteiger partial charge in [-0.25, -0.2) is 9.59 Å². The lowest BCUT2D eigenvalue weighted by Gasteiger charge is -2.39. The SMILES string of the molecule is CNC(=O)N1CCC(C)(NC(=O)OC(C)(C)C)CC1. The van der Waals surface area contributed by atoms with E-state index < -0.39 is 11.7 Å². The molecule has 19 heavy (non-hydrogen) atoms. The van der Waals surface area contributed by atoms with Crippen molar-refractivity contribution >= 4 is 12.1 Å². The summed E-state index contributed by atoms with van der Waals surface area (Å²) >= 11 is 0. The first kappa shape index (κ1) is 15.6. The highest BCUT2D eigenvalue weighted by Gasteiger charge is 2.34. The van der Waals surface area contributed by atoms with Crippen molar-refractivity contribution in [2.24, 2.45) is 0 Å². The second kappa shape index (κ2) is 5.67. The van der Waals surface area contributed by atoms with Crippen LogP contribution in [0.25, 0.3) is 0 Å². The summed E-state index contributed by atoms with van der Waals surface area (Å²) in [5.74, 6) is 0. The number of alkyl carbamates (subject to hydrolysis) is 1. The zero-order valence-corrected chi connectivity index (χ0v) is 12.5. The number of rotatable bonds is 1. The van der Waals surface area contributed by atoms with Crippen molar-refractivity contribution in [3.8, 4) is 0 Å². The van der Waals surface area contributed by atoms with Gasteiger partial charge in [-0.15, -0.1) is 0 Å². The molecule has 0 spiro atoms. The molecule has 0 radical (unpaired) electrons. The summed E-state index contributed by atoms with van der Waals surface area (Å²) in [6, 6.07) is -0.0701. The number of urea groups is 1.